The fraction of sp³-hybridized carbons (Fsp3) is 0.308. The molecule has 17 heavy (non-hydrogen) atoms. The lowest BCUT2D eigenvalue weighted by atomic mass is 10.0. The molecule has 1 unspecified atom stereocenters. The molecule has 1 atom stereocenters. The van der Waals surface area contributed by atoms with Gasteiger partial charge in [0.05, 0.1) is 24.5 Å². The van der Waals surface area contributed by atoms with E-state index in [2.05, 4.69) is 21.7 Å². The Hall–Kier alpha value is -1.48. The van der Waals surface area contributed by atoms with E-state index in [-0.39, 0.29) is 0 Å². The minimum atomic E-state index is 0.406. The van der Waals surface area contributed by atoms with E-state index in [0.717, 1.165) is 24.6 Å². The average molecular weight is 249 g/mol. The number of fused-ring (bicyclic) bond motifs is 1. The summed E-state index contributed by atoms with van der Waals surface area (Å²) in [5.41, 5.74) is 2.20. The predicted octanol–water partition coefficient (Wildman–Crippen LogP) is 2.80. The van der Waals surface area contributed by atoms with E-state index in [9.17, 15) is 0 Å². The first-order valence-corrected chi connectivity index (χ1v) is 6.18. The molecule has 0 bridgehead atoms. The summed E-state index contributed by atoms with van der Waals surface area (Å²) in [6.07, 6.45) is 3.83. The molecule has 3 nitrogen and oxygen atoms in total. The number of para-hydroxylation sites is 1. The van der Waals surface area contributed by atoms with Crippen LogP contribution in [0.4, 0.5) is 0 Å². The number of ether oxygens (including phenoxy) is 1. The van der Waals surface area contributed by atoms with E-state index in [1.807, 2.05) is 24.7 Å². The third-order valence-electron chi connectivity index (χ3n) is 3.05. The topological polar surface area (TPSA) is 27.1 Å². The number of rotatable bonds is 3. The smallest absolute Gasteiger partial charge is 0.122 e. The maximum atomic E-state index is 5.74. The van der Waals surface area contributed by atoms with Gasteiger partial charge in [-0.3, -0.25) is 0 Å². The van der Waals surface area contributed by atoms with Crippen LogP contribution in [0.1, 0.15) is 17.2 Å². The molecule has 1 aliphatic heterocycles. The van der Waals surface area contributed by atoms with Crippen molar-refractivity contribution in [2.24, 2.45) is 0 Å². The summed E-state index contributed by atoms with van der Waals surface area (Å²) in [6.45, 7) is 1.63. The highest BCUT2D eigenvalue weighted by Gasteiger charge is 2.23. The number of imidazole rings is 1. The first-order valence-electron chi connectivity index (χ1n) is 5.65. The number of nitrogens with zero attached hydrogens (tertiary/aromatic N) is 2. The fourth-order valence-corrected chi connectivity index (χ4v) is 2.35. The average Bonchev–Trinajstić information content (AvgIpc) is 2.97. The normalized spacial score (nSPS) is 17.8. The monoisotopic (exact) mass is 248 g/mol. The van der Waals surface area contributed by atoms with Crippen LogP contribution in [-0.4, -0.2) is 16.2 Å². The number of halogens is 1. The van der Waals surface area contributed by atoms with E-state index >= 15 is 0 Å². The van der Waals surface area contributed by atoms with Gasteiger partial charge in [0, 0.05) is 24.2 Å². The van der Waals surface area contributed by atoms with Crippen LogP contribution in [0, 0.1) is 0 Å². The van der Waals surface area contributed by atoms with Gasteiger partial charge in [-0.25, -0.2) is 4.98 Å². The molecule has 4 heteroatoms. The molecule has 1 aromatic carbocycles. The highest BCUT2D eigenvalue weighted by molar-refractivity contribution is 6.16. The van der Waals surface area contributed by atoms with E-state index in [4.69, 9.17) is 16.3 Å². The van der Waals surface area contributed by atoms with Crippen molar-refractivity contribution in [1.82, 2.24) is 9.55 Å². The van der Waals surface area contributed by atoms with Crippen LogP contribution in [0.3, 0.4) is 0 Å². The first kappa shape index (κ1) is 10.7. The van der Waals surface area contributed by atoms with Crippen molar-refractivity contribution < 1.29 is 4.74 Å². The zero-order chi connectivity index (χ0) is 11.7. The summed E-state index contributed by atoms with van der Waals surface area (Å²) in [5, 5.41) is 0. The third kappa shape index (κ3) is 2.03. The molecule has 1 aromatic heterocycles. The van der Waals surface area contributed by atoms with Gasteiger partial charge in [0.1, 0.15) is 5.75 Å². The van der Waals surface area contributed by atoms with Crippen molar-refractivity contribution in [2.45, 2.75) is 18.3 Å². The van der Waals surface area contributed by atoms with Gasteiger partial charge in [-0.2, -0.15) is 0 Å². The van der Waals surface area contributed by atoms with Crippen LogP contribution in [0.5, 0.6) is 5.75 Å². The fourth-order valence-electron chi connectivity index (χ4n) is 2.21. The van der Waals surface area contributed by atoms with Gasteiger partial charge in [0.15, 0.2) is 0 Å². The van der Waals surface area contributed by atoms with Crippen LogP contribution in [-0.2, 0) is 12.4 Å². The Labute approximate surface area is 105 Å². The highest BCUT2D eigenvalue weighted by Crippen LogP contribution is 2.34. The van der Waals surface area contributed by atoms with Crippen LogP contribution >= 0.6 is 11.6 Å². The minimum absolute atomic E-state index is 0.406. The first-order chi connectivity index (χ1) is 8.36. The Bertz CT molecular complexity index is 524. The Kier molecular flexibility index (Phi) is 2.77. The number of alkyl halides is 1. The van der Waals surface area contributed by atoms with E-state index in [1.165, 1.54) is 5.56 Å². The lowest BCUT2D eigenvalue weighted by molar-refractivity contribution is 0.319. The van der Waals surface area contributed by atoms with Crippen molar-refractivity contribution >= 4 is 11.6 Å². The van der Waals surface area contributed by atoms with Gasteiger partial charge < -0.3 is 9.30 Å². The van der Waals surface area contributed by atoms with Gasteiger partial charge in [0.2, 0.25) is 0 Å². The molecule has 0 saturated heterocycles. The molecular formula is C13H13ClN2O. The molecule has 0 saturated carbocycles. The van der Waals surface area contributed by atoms with Crippen molar-refractivity contribution in [3.8, 4) is 5.75 Å². The van der Waals surface area contributed by atoms with Gasteiger partial charge >= 0.3 is 0 Å². The standard InChI is InChI=1S/C13H13ClN2O/c14-5-11-7-16(9-15-11)6-10-8-17-13-4-2-1-3-12(10)13/h1-4,7,9-10H,5-6,8H2. The Morgan fingerprint density at radius 3 is 3.12 bits per heavy atom. The summed E-state index contributed by atoms with van der Waals surface area (Å²) in [6, 6.07) is 8.21. The van der Waals surface area contributed by atoms with Gasteiger partial charge in [-0.05, 0) is 6.07 Å². The number of benzene rings is 1. The number of aromatic nitrogens is 2. The largest absolute Gasteiger partial charge is 0.493 e. The Morgan fingerprint density at radius 1 is 1.41 bits per heavy atom. The lowest BCUT2D eigenvalue weighted by Crippen LogP contribution is -2.09. The maximum absolute atomic E-state index is 5.74. The molecule has 2 heterocycles. The predicted molar refractivity (Wildman–Crippen MR) is 66.5 cm³/mol. The molecule has 0 fully saturated rings. The molecule has 0 N–H and O–H groups in total. The minimum Gasteiger partial charge on any atom is -0.493 e. The second kappa shape index (κ2) is 4.41. The Morgan fingerprint density at radius 2 is 2.29 bits per heavy atom. The molecular weight excluding hydrogens is 236 g/mol. The molecule has 3 rings (SSSR count). The molecule has 0 amide bonds. The van der Waals surface area contributed by atoms with Gasteiger partial charge in [0.25, 0.3) is 0 Å². The summed E-state index contributed by atoms with van der Waals surface area (Å²) in [7, 11) is 0. The number of hydrogen-bond acceptors (Lipinski definition) is 2. The van der Waals surface area contributed by atoms with E-state index in [1.54, 1.807) is 0 Å². The summed E-state index contributed by atoms with van der Waals surface area (Å²) in [4.78, 5) is 4.22. The van der Waals surface area contributed by atoms with Crippen molar-refractivity contribution in [1.29, 1.82) is 0 Å². The van der Waals surface area contributed by atoms with Crippen LogP contribution in [0.2, 0.25) is 0 Å². The molecule has 2 aromatic rings. The molecule has 0 radical (unpaired) electrons. The second-order valence-electron chi connectivity index (χ2n) is 4.24. The van der Waals surface area contributed by atoms with Gasteiger partial charge in [-0.15, -0.1) is 11.6 Å². The summed E-state index contributed by atoms with van der Waals surface area (Å²) < 4.78 is 7.73. The zero-order valence-electron chi connectivity index (χ0n) is 9.34. The van der Waals surface area contributed by atoms with E-state index in [0.29, 0.717) is 11.8 Å². The number of hydrogen-bond donors (Lipinski definition) is 0. The van der Waals surface area contributed by atoms with Crippen LogP contribution < -0.4 is 4.74 Å². The Balaban J connectivity index is 1.79. The second-order valence-corrected chi connectivity index (χ2v) is 4.51. The summed E-state index contributed by atoms with van der Waals surface area (Å²) >= 11 is 5.74. The van der Waals surface area contributed by atoms with Crippen molar-refractivity contribution in [3.05, 3.63) is 48.0 Å². The SMILES string of the molecule is ClCc1cn(CC2COc3ccccc32)cn1. The van der Waals surface area contributed by atoms with Crippen LogP contribution in [0.15, 0.2) is 36.8 Å². The molecule has 1 aliphatic rings. The van der Waals surface area contributed by atoms with E-state index < -0.39 is 0 Å². The van der Waals surface area contributed by atoms with Gasteiger partial charge in [-0.1, -0.05) is 18.2 Å². The van der Waals surface area contributed by atoms with Crippen LogP contribution in [0.25, 0.3) is 0 Å². The highest BCUT2D eigenvalue weighted by atomic mass is 35.5. The third-order valence-corrected chi connectivity index (χ3v) is 3.33. The lowest BCUT2D eigenvalue weighted by Gasteiger charge is -2.09. The molecule has 88 valence electrons. The summed E-state index contributed by atoms with van der Waals surface area (Å²) in [5.74, 6) is 1.88. The quantitative estimate of drug-likeness (QED) is 0.781. The zero-order valence-corrected chi connectivity index (χ0v) is 10.1. The van der Waals surface area contributed by atoms with Crippen molar-refractivity contribution in [3.63, 3.8) is 0 Å². The maximum Gasteiger partial charge on any atom is 0.122 e. The van der Waals surface area contributed by atoms with Crippen molar-refractivity contribution in [2.75, 3.05) is 6.61 Å². The molecule has 0 aliphatic carbocycles. The molecule has 0 spiro atoms.